The highest BCUT2D eigenvalue weighted by molar-refractivity contribution is 5.85. The standard InChI is InChI=1S/C19H27N3O3.ClH/c20-17(13-15-5-2-1-3-6-15)19(24)22-8-4-7-16(14-22)18(23)21-9-11-25-12-10-21;/h1-3,5-6,16-17H,4,7-14,20H2;1H/t16?,17-;/m0./s1. The van der Waals surface area contributed by atoms with Crippen LogP contribution in [0.25, 0.3) is 0 Å². The van der Waals surface area contributed by atoms with E-state index in [1.165, 1.54) is 0 Å². The van der Waals surface area contributed by atoms with Gasteiger partial charge in [0.1, 0.15) is 0 Å². The van der Waals surface area contributed by atoms with Crippen LogP contribution in [-0.2, 0) is 20.7 Å². The summed E-state index contributed by atoms with van der Waals surface area (Å²) in [4.78, 5) is 29.0. The molecule has 2 aliphatic heterocycles. The molecule has 2 saturated heterocycles. The van der Waals surface area contributed by atoms with Crippen molar-refractivity contribution in [3.8, 4) is 0 Å². The minimum Gasteiger partial charge on any atom is -0.378 e. The highest BCUT2D eigenvalue weighted by Crippen LogP contribution is 2.20. The molecule has 0 aromatic heterocycles. The zero-order valence-corrected chi connectivity index (χ0v) is 15.8. The Morgan fingerprint density at radius 2 is 1.81 bits per heavy atom. The number of piperidine rings is 1. The van der Waals surface area contributed by atoms with Gasteiger partial charge in [0, 0.05) is 26.2 Å². The summed E-state index contributed by atoms with van der Waals surface area (Å²) in [5.74, 6) is -0.0134. The number of halogens is 1. The molecule has 2 heterocycles. The number of carbonyl (C=O) groups is 2. The first-order chi connectivity index (χ1) is 12.1. The van der Waals surface area contributed by atoms with E-state index in [0.717, 1.165) is 18.4 Å². The Kier molecular flexibility index (Phi) is 7.87. The van der Waals surface area contributed by atoms with Gasteiger partial charge in [0.2, 0.25) is 11.8 Å². The molecule has 2 amide bonds. The van der Waals surface area contributed by atoms with Crippen molar-refractivity contribution >= 4 is 24.2 Å². The summed E-state index contributed by atoms with van der Waals surface area (Å²) in [6, 6.07) is 9.25. The first kappa shape index (κ1) is 20.7. The normalized spacial score (nSPS) is 21.7. The number of ether oxygens (including phenoxy) is 1. The second kappa shape index (κ2) is 9.90. The van der Waals surface area contributed by atoms with Crippen LogP contribution in [-0.4, -0.2) is 67.0 Å². The second-order valence-electron chi connectivity index (χ2n) is 6.86. The number of benzene rings is 1. The maximum atomic E-state index is 12.7. The fourth-order valence-corrected chi connectivity index (χ4v) is 3.61. The van der Waals surface area contributed by atoms with Crippen LogP contribution in [0.3, 0.4) is 0 Å². The third kappa shape index (κ3) is 5.19. The third-order valence-electron chi connectivity index (χ3n) is 5.02. The SMILES string of the molecule is Cl.N[C@@H](Cc1ccccc1)C(=O)N1CCCC(C(=O)N2CCOCC2)C1. The average molecular weight is 382 g/mol. The van der Waals surface area contributed by atoms with Gasteiger partial charge in [-0.25, -0.2) is 0 Å². The van der Waals surface area contributed by atoms with Crippen molar-refractivity contribution in [1.82, 2.24) is 9.80 Å². The molecule has 2 N–H and O–H groups in total. The molecule has 2 fully saturated rings. The van der Waals surface area contributed by atoms with E-state index in [-0.39, 0.29) is 30.1 Å². The Bertz CT molecular complexity index is 593. The monoisotopic (exact) mass is 381 g/mol. The Balaban J connectivity index is 0.00000243. The first-order valence-electron chi connectivity index (χ1n) is 9.10. The largest absolute Gasteiger partial charge is 0.378 e. The molecule has 2 atom stereocenters. The molecule has 26 heavy (non-hydrogen) atoms. The molecule has 7 heteroatoms. The minimum atomic E-state index is -0.556. The molecular weight excluding hydrogens is 354 g/mol. The predicted octanol–water partition coefficient (Wildman–Crippen LogP) is 1.08. The molecule has 0 radical (unpaired) electrons. The first-order valence-corrected chi connectivity index (χ1v) is 9.10. The van der Waals surface area contributed by atoms with Crippen LogP contribution in [0.15, 0.2) is 30.3 Å². The van der Waals surface area contributed by atoms with Gasteiger partial charge in [0.25, 0.3) is 0 Å². The molecule has 2 aliphatic rings. The van der Waals surface area contributed by atoms with Crippen LogP contribution >= 0.6 is 12.4 Å². The molecule has 6 nitrogen and oxygen atoms in total. The van der Waals surface area contributed by atoms with Crippen LogP contribution in [0, 0.1) is 5.92 Å². The molecule has 0 bridgehead atoms. The van der Waals surface area contributed by atoms with Gasteiger partial charge >= 0.3 is 0 Å². The van der Waals surface area contributed by atoms with Gasteiger partial charge in [0.15, 0.2) is 0 Å². The van der Waals surface area contributed by atoms with Crippen LogP contribution in [0.4, 0.5) is 0 Å². The van der Waals surface area contributed by atoms with Crippen LogP contribution in [0.2, 0.25) is 0 Å². The van der Waals surface area contributed by atoms with Gasteiger partial charge in [0.05, 0.1) is 25.2 Å². The van der Waals surface area contributed by atoms with Crippen LogP contribution in [0.5, 0.6) is 0 Å². The van der Waals surface area contributed by atoms with Gasteiger partial charge in [-0.05, 0) is 24.8 Å². The molecule has 1 aromatic carbocycles. The number of carbonyl (C=O) groups excluding carboxylic acids is 2. The highest BCUT2D eigenvalue weighted by Gasteiger charge is 2.33. The Morgan fingerprint density at radius 3 is 2.50 bits per heavy atom. The number of rotatable bonds is 4. The van der Waals surface area contributed by atoms with E-state index in [1.54, 1.807) is 4.90 Å². The average Bonchev–Trinajstić information content (AvgIpc) is 2.68. The molecule has 3 rings (SSSR count). The van der Waals surface area contributed by atoms with Crippen LogP contribution in [0.1, 0.15) is 18.4 Å². The molecular formula is C19H28ClN3O3. The lowest BCUT2D eigenvalue weighted by Crippen LogP contribution is -2.52. The third-order valence-corrected chi connectivity index (χ3v) is 5.02. The molecule has 0 aliphatic carbocycles. The Morgan fingerprint density at radius 1 is 1.12 bits per heavy atom. The lowest BCUT2D eigenvalue weighted by atomic mass is 9.95. The molecule has 144 valence electrons. The summed E-state index contributed by atoms with van der Waals surface area (Å²) < 4.78 is 5.31. The number of nitrogens with two attached hydrogens (primary N) is 1. The smallest absolute Gasteiger partial charge is 0.239 e. The van der Waals surface area contributed by atoms with E-state index >= 15 is 0 Å². The Hall–Kier alpha value is -1.63. The molecule has 1 unspecified atom stereocenters. The van der Waals surface area contributed by atoms with Crippen molar-refractivity contribution in [3.05, 3.63) is 35.9 Å². The second-order valence-corrected chi connectivity index (χ2v) is 6.86. The van der Waals surface area contributed by atoms with Crippen molar-refractivity contribution in [1.29, 1.82) is 0 Å². The van der Waals surface area contributed by atoms with Gasteiger partial charge in [-0.3, -0.25) is 9.59 Å². The summed E-state index contributed by atoms with van der Waals surface area (Å²) in [6.07, 6.45) is 2.22. The van der Waals surface area contributed by atoms with E-state index < -0.39 is 6.04 Å². The number of morpholine rings is 1. The molecule has 0 spiro atoms. The number of likely N-dealkylation sites (tertiary alicyclic amines) is 1. The van der Waals surface area contributed by atoms with Crippen LogP contribution < -0.4 is 5.73 Å². The maximum Gasteiger partial charge on any atom is 0.239 e. The topological polar surface area (TPSA) is 75.9 Å². The van der Waals surface area contributed by atoms with E-state index in [1.807, 2.05) is 35.2 Å². The van der Waals surface area contributed by atoms with E-state index in [9.17, 15) is 9.59 Å². The molecule has 1 aromatic rings. The lowest BCUT2D eigenvalue weighted by Gasteiger charge is -2.37. The molecule has 0 saturated carbocycles. The minimum absolute atomic E-state index is 0. The number of amides is 2. The predicted molar refractivity (Wildman–Crippen MR) is 102 cm³/mol. The van der Waals surface area contributed by atoms with Gasteiger partial charge in [-0.2, -0.15) is 0 Å². The summed E-state index contributed by atoms with van der Waals surface area (Å²) in [7, 11) is 0. The van der Waals surface area contributed by atoms with Gasteiger partial charge < -0.3 is 20.3 Å². The summed E-state index contributed by atoms with van der Waals surface area (Å²) in [5, 5.41) is 0. The maximum absolute atomic E-state index is 12.7. The van der Waals surface area contributed by atoms with E-state index in [0.29, 0.717) is 45.8 Å². The lowest BCUT2D eigenvalue weighted by molar-refractivity contribution is -0.144. The van der Waals surface area contributed by atoms with E-state index in [2.05, 4.69) is 0 Å². The van der Waals surface area contributed by atoms with Crippen molar-refractivity contribution in [2.75, 3.05) is 39.4 Å². The van der Waals surface area contributed by atoms with Crippen molar-refractivity contribution in [2.45, 2.75) is 25.3 Å². The zero-order valence-electron chi connectivity index (χ0n) is 15.0. The summed E-state index contributed by atoms with van der Waals surface area (Å²) in [6.45, 7) is 3.67. The van der Waals surface area contributed by atoms with Crippen molar-refractivity contribution in [2.24, 2.45) is 11.7 Å². The van der Waals surface area contributed by atoms with Crippen molar-refractivity contribution < 1.29 is 14.3 Å². The quantitative estimate of drug-likeness (QED) is 0.846. The highest BCUT2D eigenvalue weighted by atomic mass is 35.5. The number of nitrogens with zero attached hydrogens (tertiary/aromatic N) is 2. The van der Waals surface area contributed by atoms with Gasteiger partial charge in [-0.15, -0.1) is 12.4 Å². The number of hydrogen-bond donors (Lipinski definition) is 1. The summed E-state index contributed by atoms with van der Waals surface area (Å²) in [5.41, 5.74) is 7.20. The van der Waals surface area contributed by atoms with Crippen molar-refractivity contribution in [3.63, 3.8) is 0 Å². The fraction of sp³-hybridized carbons (Fsp3) is 0.579. The summed E-state index contributed by atoms with van der Waals surface area (Å²) >= 11 is 0. The zero-order chi connectivity index (χ0) is 17.6. The fourth-order valence-electron chi connectivity index (χ4n) is 3.61. The van der Waals surface area contributed by atoms with Gasteiger partial charge in [-0.1, -0.05) is 30.3 Å². The van der Waals surface area contributed by atoms with E-state index in [4.69, 9.17) is 10.5 Å². The number of hydrogen-bond acceptors (Lipinski definition) is 4. The Labute approximate surface area is 161 Å².